The fraction of sp³-hybridized carbons (Fsp3) is 1.00. The van der Waals surface area contributed by atoms with E-state index >= 15 is 0 Å². The Hall–Kier alpha value is -0.0800. The molecule has 0 amide bonds. The zero-order chi connectivity index (χ0) is 12.3. The van der Waals surface area contributed by atoms with Gasteiger partial charge in [0.25, 0.3) is 0 Å². The minimum atomic E-state index is 0.547. The van der Waals surface area contributed by atoms with Crippen molar-refractivity contribution < 1.29 is 4.74 Å². The smallest absolute Gasteiger partial charge is 0.0608 e. The molecule has 2 nitrogen and oxygen atoms in total. The van der Waals surface area contributed by atoms with Crippen LogP contribution < -0.4 is 5.32 Å². The molecular weight excluding hydrogens is 210 g/mol. The topological polar surface area (TPSA) is 21.3 Å². The molecule has 2 saturated carbocycles. The Labute approximate surface area is 107 Å². The van der Waals surface area contributed by atoms with Gasteiger partial charge in [-0.2, -0.15) is 0 Å². The van der Waals surface area contributed by atoms with Crippen molar-refractivity contribution in [2.45, 2.75) is 77.5 Å². The van der Waals surface area contributed by atoms with Gasteiger partial charge in [-0.15, -0.1) is 0 Å². The molecule has 17 heavy (non-hydrogen) atoms. The lowest BCUT2D eigenvalue weighted by Crippen LogP contribution is -2.47. The van der Waals surface area contributed by atoms with E-state index in [4.69, 9.17) is 4.74 Å². The van der Waals surface area contributed by atoms with Gasteiger partial charge in [0, 0.05) is 6.04 Å². The number of hydrogen-bond acceptors (Lipinski definition) is 2. The van der Waals surface area contributed by atoms with Gasteiger partial charge < -0.3 is 10.1 Å². The highest BCUT2D eigenvalue weighted by molar-refractivity contribution is 4.87. The quantitative estimate of drug-likeness (QED) is 0.794. The fourth-order valence-electron chi connectivity index (χ4n) is 3.45. The Morgan fingerprint density at radius 2 is 1.53 bits per heavy atom. The van der Waals surface area contributed by atoms with E-state index in [1.54, 1.807) is 0 Å². The largest absolute Gasteiger partial charge is 0.375 e. The maximum absolute atomic E-state index is 6.24. The van der Waals surface area contributed by atoms with Gasteiger partial charge in [0.2, 0.25) is 0 Å². The van der Waals surface area contributed by atoms with Gasteiger partial charge in [-0.3, -0.25) is 0 Å². The summed E-state index contributed by atoms with van der Waals surface area (Å²) in [7, 11) is 0. The SMILES string of the molecule is CCCNC1CC(OC2CC(C)CC(C)C2)C1. The standard InChI is InChI=1S/C15H29NO/c1-4-5-16-13-9-15(10-13)17-14-7-11(2)6-12(3)8-14/h11-16H,4-10H2,1-3H3. The third-order valence-electron chi connectivity index (χ3n) is 4.30. The average molecular weight is 239 g/mol. The van der Waals surface area contributed by atoms with Crippen LogP contribution in [0, 0.1) is 11.8 Å². The van der Waals surface area contributed by atoms with Crippen molar-refractivity contribution in [3.63, 3.8) is 0 Å². The lowest BCUT2D eigenvalue weighted by molar-refractivity contribution is -0.0894. The van der Waals surface area contributed by atoms with Gasteiger partial charge in [-0.05, 0) is 56.9 Å². The Morgan fingerprint density at radius 3 is 2.12 bits per heavy atom. The minimum absolute atomic E-state index is 0.547. The molecule has 1 N–H and O–H groups in total. The zero-order valence-corrected chi connectivity index (χ0v) is 11.7. The highest BCUT2D eigenvalue weighted by atomic mass is 16.5. The maximum atomic E-state index is 6.24. The van der Waals surface area contributed by atoms with Crippen LogP contribution in [0.5, 0.6) is 0 Å². The van der Waals surface area contributed by atoms with E-state index in [1.165, 1.54) is 38.5 Å². The van der Waals surface area contributed by atoms with E-state index in [1.807, 2.05) is 0 Å². The third-order valence-corrected chi connectivity index (χ3v) is 4.30. The lowest BCUT2D eigenvalue weighted by atomic mass is 9.81. The van der Waals surface area contributed by atoms with Crippen molar-refractivity contribution in [1.82, 2.24) is 5.32 Å². The van der Waals surface area contributed by atoms with Crippen molar-refractivity contribution in [3.05, 3.63) is 0 Å². The zero-order valence-electron chi connectivity index (χ0n) is 11.7. The fourth-order valence-corrected chi connectivity index (χ4v) is 3.45. The maximum Gasteiger partial charge on any atom is 0.0608 e. The molecular formula is C15H29NO. The molecule has 0 aromatic rings. The minimum Gasteiger partial charge on any atom is -0.375 e. The lowest BCUT2D eigenvalue weighted by Gasteiger charge is -2.40. The molecule has 0 aromatic carbocycles. The molecule has 0 saturated heterocycles. The molecule has 2 aliphatic carbocycles. The van der Waals surface area contributed by atoms with Crippen LogP contribution in [-0.4, -0.2) is 24.8 Å². The predicted octanol–water partition coefficient (Wildman–Crippen LogP) is 3.36. The summed E-state index contributed by atoms with van der Waals surface area (Å²) in [6.45, 7) is 8.14. The van der Waals surface area contributed by atoms with Crippen molar-refractivity contribution in [2.24, 2.45) is 11.8 Å². The molecule has 0 aliphatic heterocycles. The predicted molar refractivity (Wildman–Crippen MR) is 72.2 cm³/mol. The number of nitrogens with one attached hydrogen (secondary N) is 1. The molecule has 0 radical (unpaired) electrons. The molecule has 0 aromatic heterocycles. The summed E-state index contributed by atoms with van der Waals surface area (Å²) in [4.78, 5) is 0. The van der Waals surface area contributed by atoms with Crippen LogP contribution in [0.25, 0.3) is 0 Å². The van der Waals surface area contributed by atoms with Gasteiger partial charge in [-0.25, -0.2) is 0 Å². The van der Waals surface area contributed by atoms with E-state index in [-0.39, 0.29) is 0 Å². The summed E-state index contributed by atoms with van der Waals surface area (Å²) in [6.07, 6.45) is 8.77. The first kappa shape index (κ1) is 13.4. The van der Waals surface area contributed by atoms with Crippen LogP contribution in [-0.2, 0) is 4.74 Å². The first-order chi connectivity index (χ1) is 8.17. The Kier molecular flexibility index (Phi) is 4.87. The van der Waals surface area contributed by atoms with Crippen LogP contribution in [0.1, 0.15) is 59.3 Å². The number of hydrogen-bond donors (Lipinski definition) is 1. The van der Waals surface area contributed by atoms with Crippen molar-refractivity contribution >= 4 is 0 Å². The normalized spacial score (nSPS) is 42.2. The molecule has 2 aliphatic rings. The summed E-state index contributed by atoms with van der Waals surface area (Å²) in [5.74, 6) is 1.72. The molecule has 0 heterocycles. The number of ether oxygens (including phenoxy) is 1. The van der Waals surface area contributed by atoms with Gasteiger partial charge in [0.15, 0.2) is 0 Å². The van der Waals surface area contributed by atoms with E-state index < -0.39 is 0 Å². The highest BCUT2D eigenvalue weighted by Gasteiger charge is 2.33. The summed E-state index contributed by atoms with van der Waals surface area (Å²) in [5.41, 5.74) is 0. The Bertz CT molecular complexity index is 215. The average Bonchev–Trinajstić information content (AvgIpc) is 2.19. The van der Waals surface area contributed by atoms with Gasteiger partial charge in [0.05, 0.1) is 12.2 Å². The number of rotatable bonds is 5. The van der Waals surface area contributed by atoms with Crippen LogP contribution in [0.4, 0.5) is 0 Å². The second-order valence-electron chi connectivity index (χ2n) is 6.42. The van der Waals surface area contributed by atoms with Crippen LogP contribution >= 0.6 is 0 Å². The summed E-state index contributed by atoms with van der Waals surface area (Å²) >= 11 is 0. The highest BCUT2D eigenvalue weighted by Crippen LogP contribution is 2.34. The first-order valence-electron chi connectivity index (χ1n) is 7.56. The van der Waals surface area contributed by atoms with Gasteiger partial charge >= 0.3 is 0 Å². The van der Waals surface area contributed by atoms with Crippen molar-refractivity contribution in [2.75, 3.05) is 6.54 Å². The molecule has 2 atom stereocenters. The Morgan fingerprint density at radius 1 is 0.941 bits per heavy atom. The molecule has 2 heteroatoms. The first-order valence-corrected chi connectivity index (χ1v) is 7.56. The molecule has 100 valence electrons. The van der Waals surface area contributed by atoms with Gasteiger partial charge in [-0.1, -0.05) is 20.8 Å². The van der Waals surface area contributed by atoms with E-state index in [2.05, 4.69) is 26.1 Å². The Balaban J connectivity index is 1.62. The van der Waals surface area contributed by atoms with Crippen LogP contribution in [0.3, 0.4) is 0 Å². The van der Waals surface area contributed by atoms with Crippen LogP contribution in [0.15, 0.2) is 0 Å². The molecule has 2 rings (SSSR count). The van der Waals surface area contributed by atoms with E-state index in [0.717, 1.165) is 24.4 Å². The third kappa shape index (κ3) is 3.96. The molecule has 2 fully saturated rings. The monoisotopic (exact) mass is 239 g/mol. The summed E-state index contributed by atoms with van der Waals surface area (Å²) in [6, 6.07) is 0.735. The summed E-state index contributed by atoms with van der Waals surface area (Å²) < 4.78 is 6.24. The van der Waals surface area contributed by atoms with E-state index in [9.17, 15) is 0 Å². The summed E-state index contributed by atoms with van der Waals surface area (Å²) in [5, 5.41) is 3.57. The van der Waals surface area contributed by atoms with Crippen molar-refractivity contribution in [3.8, 4) is 0 Å². The van der Waals surface area contributed by atoms with Crippen LogP contribution in [0.2, 0.25) is 0 Å². The van der Waals surface area contributed by atoms with Gasteiger partial charge in [0.1, 0.15) is 0 Å². The second-order valence-corrected chi connectivity index (χ2v) is 6.42. The molecule has 0 bridgehead atoms. The van der Waals surface area contributed by atoms with E-state index in [0.29, 0.717) is 12.2 Å². The second kappa shape index (κ2) is 6.19. The molecule has 0 spiro atoms. The molecule has 2 unspecified atom stereocenters. The van der Waals surface area contributed by atoms with Crippen molar-refractivity contribution in [1.29, 1.82) is 0 Å².